The second kappa shape index (κ2) is 6.40. The predicted octanol–water partition coefficient (Wildman–Crippen LogP) is 5.17. The Labute approximate surface area is 126 Å². The Bertz CT molecular complexity index is 587. The summed E-state index contributed by atoms with van der Waals surface area (Å²) in [6.07, 6.45) is 0.864. The SMILES string of the molecule is Cc1cc(C)cc(CSc2ccc(C=O)cc2Br)c1. The maximum Gasteiger partial charge on any atom is 0.150 e. The fourth-order valence-corrected chi connectivity index (χ4v) is 3.61. The highest BCUT2D eigenvalue weighted by Gasteiger charge is 2.03. The smallest absolute Gasteiger partial charge is 0.150 e. The van der Waals surface area contributed by atoms with E-state index in [0.717, 1.165) is 21.4 Å². The molecule has 1 nitrogen and oxygen atoms in total. The lowest BCUT2D eigenvalue weighted by atomic mass is 10.1. The van der Waals surface area contributed by atoms with Gasteiger partial charge in [0.05, 0.1) is 0 Å². The number of carbonyl (C=O) groups excluding carboxylic acids is 1. The van der Waals surface area contributed by atoms with Gasteiger partial charge in [-0.05, 0) is 47.5 Å². The van der Waals surface area contributed by atoms with E-state index in [1.54, 1.807) is 11.8 Å². The van der Waals surface area contributed by atoms with Gasteiger partial charge in [0.25, 0.3) is 0 Å². The van der Waals surface area contributed by atoms with Crippen molar-refractivity contribution in [1.82, 2.24) is 0 Å². The molecule has 0 aliphatic carbocycles. The van der Waals surface area contributed by atoms with Gasteiger partial charge in [-0.2, -0.15) is 0 Å². The molecule has 2 rings (SSSR count). The summed E-state index contributed by atoms with van der Waals surface area (Å²) in [7, 11) is 0. The number of rotatable bonds is 4. The van der Waals surface area contributed by atoms with E-state index in [0.29, 0.717) is 5.56 Å². The van der Waals surface area contributed by atoms with Gasteiger partial charge in [0.15, 0.2) is 0 Å². The molecule has 0 radical (unpaired) electrons. The Hall–Kier alpha value is -1.06. The number of benzene rings is 2. The van der Waals surface area contributed by atoms with Crippen LogP contribution in [0.25, 0.3) is 0 Å². The average molecular weight is 335 g/mol. The Morgan fingerprint density at radius 1 is 1.11 bits per heavy atom. The van der Waals surface area contributed by atoms with Crippen molar-refractivity contribution < 1.29 is 4.79 Å². The van der Waals surface area contributed by atoms with E-state index in [-0.39, 0.29) is 0 Å². The molecule has 0 saturated heterocycles. The van der Waals surface area contributed by atoms with Crippen LogP contribution in [0.3, 0.4) is 0 Å². The minimum Gasteiger partial charge on any atom is -0.298 e. The van der Waals surface area contributed by atoms with Gasteiger partial charge in [0, 0.05) is 20.7 Å². The fourth-order valence-electron chi connectivity index (χ4n) is 2.02. The van der Waals surface area contributed by atoms with Gasteiger partial charge in [-0.25, -0.2) is 0 Å². The molecule has 2 aromatic carbocycles. The van der Waals surface area contributed by atoms with E-state index in [4.69, 9.17) is 0 Å². The largest absolute Gasteiger partial charge is 0.298 e. The van der Waals surface area contributed by atoms with Crippen LogP contribution in [0.1, 0.15) is 27.0 Å². The summed E-state index contributed by atoms with van der Waals surface area (Å²) in [5.41, 5.74) is 4.62. The molecule has 0 atom stereocenters. The number of hydrogen-bond acceptors (Lipinski definition) is 2. The first-order chi connectivity index (χ1) is 9.08. The van der Waals surface area contributed by atoms with E-state index < -0.39 is 0 Å². The van der Waals surface area contributed by atoms with Crippen LogP contribution in [-0.2, 0) is 5.75 Å². The van der Waals surface area contributed by atoms with Gasteiger partial charge >= 0.3 is 0 Å². The molecule has 0 unspecified atom stereocenters. The number of aryl methyl sites for hydroxylation is 2. The quantitative estimate of drug-likeness (QED) is 0.566. The maximum atomic E-state index is 10.7. The van der Waals surface area contributed by atoms with Crippen molar-refractivity contribution in [2.45, 2.75) is 24.5 Å². The first-order valence-corrected chi connectivity index (χ1v) is 7.81. The van der Waals surface area contributed by atoms with Gasteiger partial charge in [-0.15, -0.1) is 11.8 Å². The molecule has 0 amide bonds. The molecule has 3 heteroatoms. The second-order valence-electron chi connectivity index (χ2n) is 4.59. The van der Waals surface area contributed by atoms with E-state index in [2.05, 4.69) is 48.0 Å². The van der Waals surface area contributed by atoms with Crippen molar-refractivity contribution in [3.8, 4) is 0 Å². The third-order valence-electron chi connectivity index (χ3n) is 2.77. The van der Waals surface area contributed by atoms with Gasteiger partial charge < -0.3 is 0 Å². The highest BCUT2D eigenvalue weighted by atomic mass is 79.9. The number of thioether (sulfide) groups is 1. The summed E-state index contributed by atoms with van der Waals surface area (Å²) in [4.78, 5) is 11.9. The lowest BCUT2D eigenvalue weighted by Crippen LogP contribution is -1.86. The summed E-state index contributed by atoms with van der Waals surface area (Å²) >= 11 is 5.28. The number of carbonyl (C=O) groups is 1. The molecule has 0 aromatic heterocycles. The van der Waals surface area contributed by atoms with Gasteiger partial charge in [0.1, 0.15) is 6.29 Å². The molecule has 0 saturated carbocycles. The Balaban J connectivity index is 2.12. The van der Waals surface area contributed by atoms with Crippen LogP contribution in [0, 0.1) is 13.8 Å². The molecule has 98 valence electrons. The molecule has 0 spiro atoms. The molecule has 2 aromatic rings. The Morgan fingerprint density at radius 2 is 1.79 bits per heavy atom. The molecular formula is C16H15BrOS. The monoisotopic (exact) mass is 334 g/mol. The van der Waals surface area contributed by atoms with Crippen molar-refractivity contribution in [2.75, 3.05) is 0 Å². The zero-order valence-electron chi connectivity index (χ0n) is 10.9. The standard InChI is InChI=1S/C16H15BrOS/c1-11-5-12(2)7-14(6-11)10-19-16-4-3-13(9-18)8-15(16)17/h3-9H,10H2,1-2H3. The highest BCUT2D eigenvalue weighted by molar-refractivity contribution is 9.10. The summed E-state index contributed by atoms with van der Waals surface area (Å²) in [6, 6.07) is 12.3. The van der Waals surface area contributed by atoms with Crippen LogP contribution in [0.15, 0.2) is 45.8 Å². The number of halogens is 1. The van der Waals surface area contributed by atoms with Gasteiger partial charge in [-0.1, -0.05) is 35.4 Å². The normalized spacial score (nSPS) is 10.5. The van der Waals surface area contributed by atoms with Crippen LogP contribution in [-0.4, -0.2) is 6.29 Å². The molecule has 0 fully saturated rings. The van der Waals surface area contributed by atoms with Crippen LogP contribution >= 0.6 is 27.7 Å². The molecule has 0 heterocycles. The van der Waals surface area contributed by atoms with Crippen LogP contribution < -0.4 is 0 Å². The van der Waals surface area contributed by atoms with Gasteiger partial charge in [0.2, 0.25) is 0 Å². The number of aldehydes is 1. The van der Waals surface area contributed by atoms with E-state index in [1.165, 1.54) is 16.7 Å². The molecular weight excluding hydrogens is 320 g/mol. The topological polar surface area (TPSA) is 17.1 Å². The van der Waals surface area contributed by atoms with Crippen molar-refractivity contribution in [3.05, 3.63) is 63.1 Å². The average Bonchev–Trinajstić information content (AvgIpc) is 2.36. The second-order valence-corrected chi connectivity index (χ2v) is 6.46. The first-order valence-electron chi connectivity index (χ1n) is 6.03. The third kappa shape index (κ3) is 3.95. The molecule has 0 aliphatic rings. The summed E-state index contributed by atoms with van der Waals surface area (Å²) in [6.45, 7) is 4.24. The molecule has 0 N–H and O–H groups in total. The van der Waals surface area contributed by atoms with Crippen LogP contribution in [0.2, 0.25) is 0 Å². The summed E-state index contributed by atoms with van der Waals surface area (Å²) < 4.78 is 0.978. The van der Waals surface area contributed by atoms with Crippen molar-refractivity contribution in [2.24, 2.45) is 0 Å². The number of hydrogen-bond donors (Lipinski definition) is 0. The van der Waals surface area contributed by atoms with Crippen molar-refractivity contribution >= 4 is 34.0 Å². The Kier molecular flexibility index (Phi) is 4.83. The van der Waals surface area contributed by atoms with Crippen molar-refractivity contribution in [1.29, 1.82) is 0 Å². The third-order valence-corrected chi connectivity index (χ3v) is 4.83. The highest BCUT2D eigenvalue weighted by Crippen LogP contribution is 2.31. The van der Waals surface area contributed by atoms with Crippen LogP contribution in [0.4, 0.5) is 0 Å². The van der Waals surface area contributed by atoms with Gasteiger partial charge in [-0.3, -0.25) is 4.79 Å². The maximum absolute atomic E-state index is 10.7. The minimum absolute atomic E-state index is 0.697. The van der Waals surface area contributed by atoms with E-state index in [1.807, 2.05) is 18.2 Å². The summed E-state index contributed by atoms with van der Waals surface area (Å²) in [5, 5.41) is 0. The molecule has 0 aliphatic heterocycles. The zero-order valence-corrected chi connectivity index (χ0v) is 13.3. The van der Waals surface area contributed by atoms with Crippen molar-refractivity contribution in [3.63, 3.8) is 0 Å². The first kappa shape index (κ1) is 14.4. The van der Waals surface area contributed by atoms with E-state index in [9.17, 15) is 4.79 Å². The van der Waals surface area contributed by atoms with Crippen LogP contribution in [0.5, 0.6) is 0 Å². The molecule has 19 heavy (non-hydrogen) atoms. The zero-order chi connectivity index (χ0) is 13.8. The fraction of sp³-hybridized carbons (Fsp3) is 0.188. The lowest BCUT2D eigenvalue weighted by molar-refractivity contribution is 0.112. The Morgan fingerprint density at radius 3 is 2.37 bits per heavy atom. The summed E-state index contributed by atoms with van der Waals surface area (Å²) in [5.74, 6) is 0.932. The lowest BCUT2D eigenvalue weighted by Gasteiger charge is -2.07. The minimum atomic E-state index is 0.697. The molecule has 0 bridgehead atoms. The van der Waals surface area contributed by atoms with E-state index >= 15 is 0 Å². The predicted molar refractivity (Wildman–Crippen MR) is 85.0 cm³/mol.